The summed E-state index contributed by atoms with van der Waals surface area (Å²) in [6.07, 6.45) is 0. The summed E-state index contributed by atoms with van der Waals surface area (Å²) in [7, 11) is 1.54. The van der Waals surface area contributed by atoms with Crippen LogP contribution in [0, 0.1) is 20.2 Å². The van der Waals surface area contributed by atoms with Gasteiger partial charge >= 0.3 is 0 Å². The molecule has 0 radical (unpaired) electrons. The normalized spacial score (nSPS) is 10.3. The predicted molar refractivity (Wildman–Crippen MR) is 97.2 cm³/mol. The van der Waals surface area contributed by atoms with Gasteiger partial charge in [0.2, 0.25) is 0 Å². The minimum absolute atomic E-state index is 0.0361. The van der Waals surface area contributed by atoms with Crippen molar-refractivity contribution in [3.63, 3.8) is 0 Å². The first kappa shape index (κ1) is 17.1. The molecule has 0 heterocycles. The highest BCUT2D eigenvalue weighted by molar-refractivity contribution is 5.89. The zero-order valence-corrected chi connectivity index (χ0v) is 13.8. The van der Waals surface area contributed by atoms with E-state index in [1.807, 2.05) is 0 Å². The Hall–Kier alpha value is -3.74. The van der Waals surface area contributed by atoms with Gasteiger partial charge in [-0.2, -0.15) is 0 Å². The summed E-state index contributed by atoms with van der Waals surface area (Å²) in [5.41, 5.74) is 2.32. The molecule has 0 amide bonds. The fraction of sp³-hybridized carbons (Fsp3) is 0.0526. The van der Waals surface area contributed by atoms with Gasteiger partial charge in [0.15, 0.2) is 0 Å². The lowest BCUT2D eigenvalue weighted by molar-refractivity contribution is -0.384. The molecule has 3 aromatic rings. The SMILES string of the molecule is COc1ccc(-c2c(-c3ccc([N+](=O)[O-])cc3)cccc2[N+](=O)[O-])cc1. The molecule has 3 rings (SSSR count). The Morgan fingerprint density at radius 3 is 1.92 bits per heavy atom. The van der Waals surface area contributed by atoms with Crippen molar-refractivity contribution in [1.82, 2.24) is 0 Å². The predicted octanol–water partition coefficient (Wildman–Crippen LogP) is 4.85. The number of ether oxygens (including phenoxy) is 1. The molecule has 0 aliphatic carbocycles. The number of non-ortho nitro benzene ring substituents is 1. The second kappa shape index (κ2) is 7.02. The summed E-state index contributed by atoms with van der Waals surface area (Å²) in [5, 5.41) is 22.4. The number of methoxy groups -OCH3 is 1. The van der Waals surface area contributed by atoms with E-state index < -0.39 is 9.85 Å². The molecule has 26 heavy (non-hydrogen) atoms. The zero-order chi connectivity index (χ0) is 18.7. The van der Waals surface area contributed by atoms with Gasteiger partial charge in [0.05, 0.1) is 22.5 Å². The van der Waals surface area contributed by atoms with Crippen LogP contribution >= 0.6 is 0 Å². The molecule has 7 nitrogen and oxygen atoms in total. The van der Waals surface area contributed by atoms with Gasteiger partial charge in [-0.1, -0.05) is 24.3 Å². The Balaban J connectivity index is 2.20. The van der Waals surface area contributed by atoms with E-state index in [0.29, 0.717) is 28.0 Å². The monoisotopic (exact) mass is 350 g/mol. The van der Waals surface area contributed by atoms with Crippen LogP contribution in [0.2, 0.25) is 0 Å². The first-order chi connectivity index (χ1) is 12.5. The van der Waals surface area contributed by atoms with E-state index in [1.54, 1.807) is 55.6 Å². The van der Waals surface area contributed by atoms with E-state index in [1.165, 1.54) is 18.2 Å². The molecule has 0 N–H and O–H groups in total. The van der Waals surface area contributed by atoms with Crippen molar-refractivity contribution in [3.8, 4) is 28.0 Å². The average molecular weight is 350 g/mol. The first-order valence-corrected chi connectivity index (χ1v) is 7.68. The second-order valence-corrected chi connectivity index (χ2v) is 5.49. The first-order valence-electron chi connectivity index (χ1n) is 7.68. The highest BCUT2D eigenvalue weighted by atomic mass is 16.6. The molecule has 0 aliphatic rings. The quantitative estimate of drug-likeness (QED) is 0.484. The Morgan fingerprint density at radius 1 is 0.769 bits per heavy atom. The van der Waals surface area contributed by atoms with Gasteiger partial charge in [-0.25, -0.2) is 0 Å². The van der Waals surface area contributed by atoms with Gasteiger partial charge in [-0.05, 0) is 41.0 Å². The number of benzene rings is 3. The van der Waals surface area contributed by atoms with Crippen molar-refractivity contribution < 1.29 is 14.6 Å². The minimum Gasteiger partial charge on any atom is -0.497 e. The van der Waals surface area contributed by atoms with Crippen LogP contribution in [0.3, 0.4) is 0 Å². The van der Waals surface area contributed by atoms with Crippen LogP contribution in [-0.4, -0.2) is 17.0 Å². The standard InChI is InChI=1S/C19H14N2O5/c1-26-16-11-7-14(8-12-16)19-17(3-2-4-18(19)21(24)25)13-5-9-15(10-6-13)20(22)23/h2-12H,1H3. The van der Waals surface area contributed by atoms with Crippen LogP contribution in [0.5, 0.6) is 5.75 Å². The summed E-state index contributed by atoms with van der Waals surface area (Å²) < 4.78 is 5.14. The van der Waals surface area contributed by atoms with Gasteiger partial charge in [0.1, 0.15) is 5.75 Å². The van der Waals surface area contributed by atoms with Crippen molar-refractivity contribution in [1.29, 1.82) is 0 Å². The summed E-state index contributed by atoms with van der Waals surface area (Å²) in [6.45, 7) is 0. The van der Waals surface area contributed by atoms with Crippen molar-refractivity contribution in [2.75, 3.05) is 7.11 Å². The molecule has 0 bridgehead atoms. The molecule has 0 atom stereocenters. The molecule has 0 saturated heterocycles. The third-order valence-corrected chi connectivity index (χ3v) is 4.01. The van der Waals surface area contributed by atoms with Gasteiger partial charge in [-0.15, -0.1) is 0 Å². The van der Waals surface area contributed by atoms with E-state index >= 15 is 0 Å². The van der Waals surface area contributed by atoms with Crippen molar-refractivity contribution in [3.05, 3.63) is 87.0 Å². The van der Waals surface area contributed by atoms with E-state index in [0.717, 1.165) is 0 Å². The summed E-state index contributed by atoms with van der Waals surface area (Å²) in [4.78, 5) is 21.5. The van der Waals surface area contributed by atoms with Gasteiger partial charge in [0, 0.05) is 18.2 Å². The maximum atomic E-state index is 11.5. The molecule has 0 aliphatic heterocycles. The maximum absolute atomic E-state index is 11.5. The summed E-state index contributed by atoms with van der Waals surface area (Å²) in [6, 6.07) is 17.7. The van der Waals surface area contributed by atoms with Crippen LogP contribution in [0.15, 0.2) is 66.7 Å². The molecule has 0 unspecified atom stereocenters. The fourth-order valence-corrected chi connectivity index (χ4v) is 2.76. The number of hydrogen-bond acceptors (Lipinski definition) is 5. The molecular weight excluding hydrogens is 336 g/mol. The molecule has 130 valence electrons. The highest BCUT2D eigenvalue weighted by Crippen LogP contribution is 2.39. The van der Waals surface area contributed by atoms with E-state index in [4.69, 9.17) is 4.74 Å². The largest absolute Gasteiger partial charge is 0.497 e. The smallest absolute Gasteiger partial charge is 0.277 e. The summed E-state index contributed by atoms with van der Waals surface area (Å²) in [5.74, 6) is 0.643. The van der Waals surface area contributed by atoms with Gasteiger partial charge < -0.3 is 4.74 Å². The van der Waals surface area contributed by atoms with E-state index in [-0.39, 0.29) is 11.4 Å². The molecule has 0 aromatic heterocycles. The molecule has 0 fully saturated rings. The molecular formula is C19H14N2O5. The third-order valence-electron chi connectivity index (χ3n) is 4.01. The third kappa shape index (κ3) is 3.23. The Bertz CT molecular complexity index is 966. The van der Waals surface area contributed by atoms with Gasteiger partial charge in [-0.3, -0.25) is 20.2 Å². The lowest BCUT2D eigenvalue weighted by atomic mass is 9.93. The number of nitro benzene ring substituents is 2. The van der Waals surface area contributed by atoms with Crippen molar-refractivity contribution in [2.45, 2.75) is 0 Å². The van der Waals surface area contributed by atoms with E-state index in [2.05, 4.69) is 0 Å². The Labute approximate surface area is 148 Å². The number of hydrogen-bond donors (Lipinski definition) is 0. The fourth-order valence-electron chi connectivity index (χ4n) is 2.76. The van der Waals surface area contributed by atoms with E-state index in [9.17, 15) is 20.2 Å². The average Bonchev–Trinajstić information content (AvgIpc) is 2.67. The minimum atomic E-state index is -0.485. The van der Waals surface area contributed by atoms with Crippen LogP contribution in [0.1, 0.15) is 0 Å². The summed E-state index contributed by atoms with van der Waals surface area (Å²) >= 11 is 0. The topological polar surface area (TPSA) is 95.5 Å². The van der Waals surface area contributed by atoms with Crippen LogP contribution in [0.4, 0.5) is 11.4 Å². The lowest BCUT2D eigenvalue weighted by Gasteiger charge is -2.11. The van der Waals surface area contributed by atoms with Crippen LogP contribution in [0.25, 0.3) is 22.3 Å². The molecule has 3 aromatic carbocycles. The van der Waals surface area contributed by atoms with Crippen LogP contribution < -0.4 is 4.74 Å². The van der Waals surface area contributed by atoms with Crippen molar-refractivity contribution >= 4 is 11.4 Å². The van der Waals surface area contributed by atoms with Crippen LogP contribution in [-0.2, 0) is 0 Å². The second-order valence-electron chi connectivity index (χ2n) is 5.49. The Kier molecular flexibility index (Phi) is 4.62. The molecule has 7 heteroatoms. The maximum Gasteiger partial charge on any atom is 0.277 e. The van der Waals surface area contributed by atoms with Crippen molar-refractivity contribution in [2.24, 2.45) is 0 Å². The lowest BCUT2D eigenvalue weighted by Crippen LogP contribution is -1.95. The van der Waals surface area contributed by atoms with Gasteiger partial charge in [0.25, 0.3) is 11.4 Å². The highest BCUT2D eigenvalue weighted by Gasteiger charge is 2.20. The number of nitrogens with zero attached hydrogens (tertiary/aromatic N) is 2. The molecule has 0 spiro atoms. The Morgan fingerprint density at radius 2 is 1.38 bits per heavy atom. The number of nitro groups is 2. The molecule has 0 saturated carbocycles. The number of rotatable bonds is 5. The zero-order valence-electron chi connectivity index (χ0n) is 13.8.